The van der Waals surface area contributed by atoms with E-state index in [9.17, 15) is 0 Å². The molecule has 1 aliphatic carbocycles. The van der Waals surface area contributed by atoms with Crippen molar-refractivity contribution in [3.8, 4) is 0 Å². The van der Waals surface area contributed by atoms with Gasteiger partial charge in [0.05, 0.1) is 6.54 Å². The Labute approximate surface area is 228 Å². The lowest BCUT2D eigenvalue weighted by Crippen LogP contribution is -2.51. The zero-order valence-electron chi connectivity index (χ0n) is 24.0. The predicted molar refractivity (Wildman–Crippen MR) is 156 cm³/mol. The van der Waals surface area contributed by atoms with E-state index < -0.39 is 17.4 Å². The molecule has 0 bridgehead atoms. The van der Waals surface area contributed by atoms with Gasteiger partial charge < -0.3 is 24.9 Å². The SMILES string of the molecule is C=CC(=C)C(C)(CN(CC1CCCCC1)C1CC(N)=NC(C(=N)OC(N)OC)=NCC(C)(C=NC)C1)OC. The lowest BCUT2D eigenvalue weighted by molar-refractivity contribution is -0.0557. The number of nitrogens with two attached hydrogens (primary N) is 2. The van der Waals surface area contributed by atoms with E-state index in [1.54, 1.807) is 20.2 Å². The first-order valence-corrected chi connectivity index (χ1v) is 13.4. The van der Waals surface area contributed by atoms with Crippen LogP contribution in [0.4, 0.5) is 0 Å². The van der Waals surface area contributed by atoms with E-state index in [1.807, 2.05) is 6.21 Å². The average molecular weight is 532 g/mol. The van der Waals surface area contributed by atoms with Gasteiger partial charge in [-0.1, -0.05) is 45.4 Å². The van der Waals surface area contributed by atoms with E-state index in [4.69, 9.17) is 31.1 Å². The van der Waals surface area contributed by atoms with Crippen molar-refractivity contribution in [2.24, 2.45) is 37.8 Å². The summed E-state index contributed by atoms with van der Waals surface area (Å²) >= 11 is 0. The van der Waals surface area contributed by atoms with Gasteiger partial charge in [-0.2, -0.15) is 0 Å². The van der Waals surface area contributed by atoms with Crippen molar-refractivity contribution in [2.75, 3.05) is 40.9 Å². The van der Waals surface area contributed by atoms with Crippen LogP contribution >= 0.6 is 0 Å². The molecule has 1 fully saturated rings. The minimum absolute atomic E-state index is 0.0293. The topological polar surface area (TPSA) is 144 Å². The number of hydrogen-bond acceptors (Lipinski definition) is 10. The van der Waals surface area contributed by atoms with Crippen molar-refractivity contribution < 1.29 is 14.2 Å². The molecule has 0 amide bonds. The number of aliphatic imine (C=N–C) groups is 3. The van der Waals surface area contributed by atoms with E-state index in [2.05, 4.69) is 46.9 Å². The van der Waals surface area contributed by atoms with Crippen LogP contribution < -0.4 is 11.5 Å². The molecular formula is C28H49N7O3. The smallest absolute Gasteiger partial charge is 0.258 e. The molecule has 0 radical (unpaired) electrons. The first kappa shape index (κ1) is 31.8. The fourth-order valence-electron chi connectivity index (χ4n) is 5.34. The summed E-state index contributed by atoms with van der Waals surface area (Å²) < 4.78 is 16.3. The lowest BCUT2D eigenvalue weighted by atomic mass is 9.81. The molecule has 4 unspecified atom stereocenters. The fraction of sp³-hybridized carbons (Fsp3) is 0.714. The third kappa shape index (κ3) is 9.11. The van der Waals surface area contributed by atoms with Crippen molar-refractivity contribution in [1.82, 2.24) is 4.90 Å². The van der Waals surface area contributed by atoms with Gasteiger partial charge in [0.2, 0.25) is 5.84 Å². The molecule has 214 valence electrons. The second-order valence-electron chi connectivity index (χ2n) is 11.0. The third-order valence-corrected chi connectivity index (χ3v) is 7.71. The number of ether oxygens (including phenoxy) is 3. The van der Waals surface area contributed by atoms with Gasteiger partial charge in [-0.25, -0.2) is 4.99 Å². The van der Waals surface area contributed by atoms with Crippen LogP contribution in [-0.2, 0) is 14.2 Å². The molecule has 10 heteroatoms. The molecule has 1 aliphatic heterocycles. The highest BCUT2D eigenvalue weighted by Gasteiger charge is 2.37. The molecule has 0 aromatic rings. The van der Waals surface area contributed by atoms with E-state index in [0.29, 0.717) is 31.3 Å². The van der Waals surface area contributed by atoms with E-state index >= 15 is 0 Å². The van der Waals surface area contributed by atoms with Gasteiger partial charge in [-0.05, 0) is 37.7 Å². The maximum Gasteiger partial charge on any atom is 0.258 e. The van der Waals surface area contributed by atoms with Crippen molar-refractivity contribution in [3.05, 3.63) is 24.8 Å². The molecule has 0 aromatic heterocycles. The first-order valence-electron chi connectivity index (χ1n) is 13.4. The number of hydrogen-bond donors (Lipinski definition) is 3. The third-order valence-electron chi connectivity index (χ3n) is 7.71. The van der Waals surface area contributed by atoms with Crippen LogP contribution in [-0.4, -0.2) is 87.6 Å². The molecule has 0 saturated heterocycles. The van der Waals surface area contributed by atoms with Gasteiger partial charge in [-0.15, -0.1) is 0 Å². The van der Waals surface area contributed by atoms with Gasteiger partial charge >= 0.3 is 0 Å². The molecular weight excluding hydrogens is 482 g/mol. The zero-order valence-corrected chi connectivity index (χ0v) is 24.0. The van der Waals surface area contributed by atoms with Crippen molar-refractivity contribution in [2.45, 2.75) is 76.9 Å². The number of methoxy groups -OCH3 is 2. The summed E-state index contributed by atoms with van der Waals surface area (Å²) in [7, 11) is 4.88. The standard InChI is InChI=1S/C28H49N7O3/c1-8-20(2)28(4,37-7)19-35(16-21-12-10-9-11-13-21)22-14-23(29)34-25(24(30)38-26(31)36-6)33-18-27(3,15-22)17-32-5/h8,17,21-22,26,30H,1-2,9-16,18-19,31H2,3-7H3,(H2,29,33,34). The Balaban J connectivity index is 2.49. The van der Waals surface area contributed by atoms with Gasteiger partial charge in [0.1, 0.15) is 11.4 Å². The maximum atomic E-state index is 8.34. The van der Waals surface area contributed by atoms with Crippen LogP contribution in [0, 0.1) is 16.7 Å². The number of nitrogens with zero attached hydrogens (tertiary/aromatic N) is 4. The summed E-state index contributed by atoms with van der Waals surface area (Å²) in [6, 6.07) is 0.0293. The molecule has 2 rings (SSSR count). The van der Waals surface area contributed by atoms with E-state index in [0.717, 1.165) is 18.5 Å². The molecule has 2 aliphatic rings. The molecule has 1 saturated carbocycles. The van der Waals surface area contributed by atoms with Crippen molar-refractivity contribution in [3.63, 3.8) is 0 Å². The fourth-order valence-corrected chi connectivity index (χ4v) is 5.34. The summed E-state index contributed by atoms with van der Waals surface area (Å²) in [4.78, 5) is 16.0. The van der Waals surface area contributed by atoms with Crippen LogP contribution in [0.3, 0.4) is 0 Å². The van der Waals surface area contributed by atoms with Crippen LogP contribution in [0.5, 0.6) is 0 Å². The molecule has 5 N–H and O–H groups in total. The molecule has 4 atom stereocenters. The highest BCUT2D eigenvalue weighted by atomic mass is 16.7. The van der Waals surface area contributed by atoms with Crippen LogP contribution in [0.1, 0.15) is 58.8 Å². The second kappa shape index (κ2) is 14.7. The van der Waals surface area contributed by atoms with Crippen LogP contribution in [0.25, 0.3) is 0 Å². The van der Waals surface area contributed by atoms with Crippen LogP contribution in [0.2, 0.25) is 0 Å². The summed E-state index contributed by atoms with van der Waals surface area (Å²) in [5, 5.41) is 8.34. The van der Waals surface area contributed by atoms with Gasteiger partial charge in [0.15, 0.2) is 0 Å². The minimum Gasteiger partial charge on any atom is -0.431 e. The monoisotopic (exact) mass is 531 g/mol. The van der Waals surface area contributed by atoms with E-state index in [-0.39, 0.29) is 17.8 Å². The Morgan fingerprint density at radius 2 is 2.03 bits per heavy atom. The van der Waals surface area contributed by atoms with Gasteiger partial charge in [-0.3, -0.25) is 21.0 Å². The summed E-state index contributed by atoms with van der Waals surface area (Å²) in [6.45, 7) is 14.3. The van der Waals surface area contributed by atoms with E-state index in [1.165, 1.54) is 39.2 Å². The second-order valence-corrected chi connectivity index (χ2v) is 11.0. The lowest BCUT2D eigenvalue weighted by Gasteiger charge is -2.43. The number of nitrogens with one attached hydrogen (secondary N) is 1. The quantitative estimate of drug-likeness (QED) is 0.152. The first-order chi connectivity index (χ1) is 18.0. The Bertz CT molecular complexity index is 912. The minimum atomic E-state index is -1.10. The summed E-state index contributed by atoms with van der Waals surface area (Å²) in [6.07, 6.45) is 10.1. The van der Waals surface area contributed by atoms with Gasteiger partial charge in [0.25, 0.3) is 12.3 Å². The number of amidine groups is 2. The molecule has 1 heterocycles. The Hall–Kier alpha value is -2.40. The Kier molecular flexibility index (Phi) is 12.3. The van der Waals surface area contributed by atoms with Crippen molar-refractivity contribution in [1.29, 1.82) is 5.41 Å². The number of rotatable bonds is 12. The Morgan fingerprint density at radius 1 is 1.34 bits per heavy atom. The normalized spacial score (nSPS) is 25.9. The zero-order chi connectivity index (χ0) is 28.3. The average Bonchev–Trinajstić information content (AvgIpc) is 2.96. The molecule has 0 spiro atoms. The highest BCUT2D eigenvalue weighted by Crippen LogP contribution is 2.33. The summed E-state index contributed by atoms with van der Waals surface area (Å²) in [5.41, 5.74) is 12.0. The largest absolute Gasteiger partial charge is 0.431 e. The van der Waals surface area contributed by atoms with Crippen LogP contribution in [0.15, 0.2) is 39.8 Å². The summed E-state index contributed by atoms with van der Waals surface area (Å²) in [5.74, 6) is 0.778. The highest BCUT2D eigenvalue weighted by molar-refractivity contribution is 6.38. The van der Waals surface area contributed by atoms with Gasteiger partial charge in [0, 0.05) is 58.4 Å². The molecule has 38 heavy (non-hydrogen) atoms. The molecule has 0 aromatic carbocycles. The molecule has 10 nitrogen and oxygen atoms in total. The maximum absolute atomic E-state index is 8.34. The Morgan fingerprint density at radius 3 is 2.61 bits per heavy atom. The van der Waals surface area contributed by atoms with Crippen molar-refractivity contribution >= 4 is 23.8 Å². The predicted octanol–water partition coefficient (Wildman–Crippen LogP) is 3.52.